The van der Waals surface area contributed by atoms with Crippen LogP contribution in [-0.2, 0) is 0 Å². The fourth-order valence-electron chi connectivity index (χ4n) is 1.55. The Morgan fingerprint density at radius 1 is 1.37 bits per heavy atom. The van der Waals surface area contributed by atoms with Crippen molar-refractivity contribution in [1.29, 1.82) is 0 Å². The number of rotatable bonds is 6. The van der Waals surface area contributed by atoms with Crippen molar-refractivity contribution < 1.29 is 5.11 Å². The first-order chi connectivity index (χ1) is 9.20. The molecule has 2 rings (SSSR count). The molecule has 0 bridgehead atoms. The maximum absolute atomic E-state index is 9.88. The summed E-state index contributed by atoms with van der Waals surface area (Å²) in [6, 6.07) is 5.69. The van der Waals surface area contributed by atoms with Gasteiger partial charge in [-0.25, -0.2) is 0 Å². The molecule has 0 spiro atoms. The molecule has 0 aromatic carbocycles. The van der Waals surface area contributed by atoms with Gasteiger partial charge in [-0.3, -0.25) is 4.98 Å². The van der Waals surface area contributed by atoms with Crippen LogP contribution in [0.4, 0.5) is 5.13 Å². The summed E-state index contributed by atoms with van der Waals surface area (Å²) in [7, 11) is 0. The van der Waals surface area contributed by atoms with Crippen molar-refractivity contribution >= 4 is 16.5 Å². The van der Waals surface area contributed by atoms with E-state index in [1.807, 2.05) is 25.1 Å². The number of hydrogen-bond donors (Lipinski definition) is 2. The number of pyridine rings is 1. The lowest BCUT2D eigenvalue weighted by atomic mass is 10.0. The summed E-state index contributed by atoms with van der Waals surface area (Å²) >= 11 is 1.44. The highest BCUT2D eigenvalue weighted by Gasteiger charge is 2.13. The van der Waals surface area contributed by atoms with Crippen LogP contribution in [0.5, 0.6) is 0 Å². The number of nitrogens with zero attached hydrogens (tertiary/aromatic N) is 3. The van der Waals surface area contributed by atoms with Crippen LogP contribution in [0.15, 0.2) is 24.4 Å². The lowest BCUT2D eigenvalue weighted by molar-refractivity contribution is 0.126. The van der Waals surface area contributed by atoms with Crippen molar-refractivity contribution in [3.63, 3.8) is 0 Å². The predicted octanol–water partition coefficient (Wildman–Crippen LogP) is 2.42. The Morgan fingerprint density at radius 3 is 2.89 bits per heavy atom. The summed E-state index contributed by atoms with van der Waals surface area (Å²) < 4.78 is 0. The van der Waals surface area contributed by atoms with Crippen molar-refractivity contribution in [3.05, 3.63) is 24.4 Å². The van der Waals surface area contributed by atoms with Gasteiger partial charge in [-0.05, 0) is 18.1 Å². The van der Waals surface area contributed by atoms with Crippen molar-refractivity contribution in [2.75, 3.05) is 11.9 Å². The Morgan fingerprint density at radius 2 is 2.21 bits per heavy atom. The van der Waals surface area contributed by atoms with Gasteiger partial charge >= 0.3 is 0 Å². The van der Waals surface area contributed by atoms with Gasteiger partial charge in [0.15, 0.2) is 5.01 Å². The number of aliphatic hydroxyl groups is 1. The molecule has 19 heavy (non-hydrogen) atoms. The second-order valence-corrected chi connectivity index (χ2v) is 5.44. The van der Waals surface area contributed by atoms with Gasteiger partial charge in [0.05, 0.1) is 6.10 Å². The molecule has 2 heterocycles. The lowest BCUT2D eigenvalue weighted by Gasteiger charge is -2.16. The fourth-order valence-corrected chi connectivity index (χ4v) is 2.28. The maximum Gasteiger partial charge on any atom is 0.206 e. The first kappa shape index (κ1) is 13.9. The smallest absolute Gasteiger partial charge is 0.206 e. The van der Waals surface area contributed by atoms with E-state index in [2.05, 4.69) is 27.4 Å². The van der Waals surface area contributed by atoms with Gasteiger partial charge in [-0.15, -0.1) is 10.2 Å². The molecule has 0 aliphatic carbocycles. The number of nitrogens with one attached hydrogen (secondary N) is 1. The molecule has 5 nitrogen and oxygen atoms in total. The van der Waals surface area contributed by atoms with Crippen LogP contribution in [0.3, 0.4) is 0 Å². The molecule has 0 amide bonds. The lowest BCUT2D eigenvalue weighted by Crippen LogP contribution is -2.26. The minimum Gasteiger partial charge on any atom is -0.391 e. The Hall–Kier alpha value is -1.53. The Bertz CT molecular complexity index is 502. The monoisotopic (exact) mass is 278 g/mol. The number of anilines is 1. The van der Waals surface area contributed by atoms with Crippen molar-refractivity contribution in [2.45, 2.75) is 26.4 Å². The highest BCUT2D eigenvalue weighted by atomic mass is 32.1. The minimum atomic E-state index is -0.368. The third kappa shape index (κ3) is 3.71. The Kier molecular flexibility index (Phi) is 4.81. The second kappa shape index (κ2) is 6.58. The standard InChI is InChI=1S/C13H18N4OS/c1-3-9(2)11(18)8-15-13-17-16-12(19-13)10-6-4-5-7-14-10/h4-7,9,11,18H,3,8H2,1-2H3,(H,15,17)/t9-,11+/m0/s1. The first-order valence-corrected chi connectivity index (χ1v) is 7.19. The summed E-state index contributed by atoms with van der Waals surface area (Å²) in [5, 5.41) is 22.6. The Balaban J connectivity index is 1.95. The van der Waals surface area contributed by atoms with Crippen LogP contribution >= 0.6 is 11.3 Å². The van der Waals surface area contributed by atoms with Gasteiger partial charge in [-0.2, -0.15) is 0 Å². The molecule has 0 fully saturated rings. The number of hydrogen-bond acceptors (Lipinski definition) is 6. The molecule has 0 aliphatic rings. The van der Waals surface area contributed by atoms with Crippen molar-refractivity contribution in [2.24, 2.45) is 5.92 Å². The summed E-state index contributed by atoms with van der Waals surface area (Å²) in [4.78, 5) is 4.23. The van der Waals surface area contributed by atoms with Crippen molar-refractivity contribution in [1.82, 2.24) is 15.2 Å². The first-order valence-electron chi connectivity index (χ1n) is 6.37. The normalized spacial score (nSPS) is 14.1. The summed E-state index contributed by atoms with van der Waals surface area (Å²) in [6.45, 7) is 4.59. The SMILES string of the molecule is CC[C@H](C)[C@H](O)CNc1nnc(-c2ccccn2)s1. The third-order valence-electron chi connectivity index (χ3n) is 3.07. The van der Waals surface area contributed by atoms with E-state index in [1.165, 1.54) is 11.3 Å². The van der Waals surface area contributed by atoms with E-state index in [0.29, 0.717) is 11.7 Å². The molecule has 2 aromatic rings. The molecule has 2 atom stereocenters. The minimum absolute atomic E-state index is 0.274. The van der Waals surface area contributed by atoms with E-state index in [1.54, 1.807) is 6.20 Å². The molecular formula is C13H18N4OS. The van der Waals surface area contributed by atoms with E-state index in [0.717, 1.165) is 17.1 Å². The van der Waals surface area contributed by atoms with Crippen molar-refractivity contribution in [3.8, 4) is 10.7 Å². The molecule has 0 saturated heterocycles. The van der Waals surface area contributed by atoms with Crippen LogP contribution in [-0.4, -0.2) is 32.9 Å². The molecule has 0 radical (unpaired) electrons. The number of aliphatic hydroxyl groups excluding tert-OH is 1. The molecule has 0 unspecified atom stereocenters. The molecular weight excluding hydrogens is 260 g/mol. The zero-order valence-electron chi connectivity index (χ0n) is 11.1. The molecule has 0 aliphatic heterocycles. The number of aromatic nitrogens is 3. The predicted molar refractivity (Wildman–Crippen MR) is 77.1 cm³/mol. The fraction of sp³-hybridized carbons (Fsp3) is 0.462. The van der Waals surface area contributed by atoms with Gasteiger partial charge in [0.25, 0.3) is 0 Å². The van der Waals surface area contributed by atoms with E-state index >= 15 is 0 Å². The topological polar surface area (TPSA) is 70.9 Å². The van der Waals surface area contributed by atoms with Crippen LogP contribution in [0.1, 0.15) is 20.3 Å². The summed E-state index contributed by atoms with van der Waals surface area (Å²) in [5.41, 5.74) is 0.815. The molecule has 0 saturated carbocycles. The van der Waals surface area contributed by atoms with E-state index < -0.39 is 0 Å². The average molecular weight is 278 g/mol. The van der Waals surface area contributed by atoms with Crippen LogP contribution in [0.25, 0.3) is 10.7 Å². The van der Waals surface area contributed by atoms with E-state index in [-0.39, 0.29) is 12.0 Å². The average Bonchev–Trinajstić information content (AvgIpc) is 2.93. The second-order valence-electron chi connectivity index (χ2n) is 4.46. The molecule has 2 aromatic heterocycles. The highest BCUT2D eigenvalue weighted by molar-refractivity contribution is 7.18. The van der Waals surface area contributed by atoms with E-state index in [4.69, 9.17) is 0 Å². The summed E-state index contributed by atoms with van der Waals surface area (Å²) in [5.74, 6) is 0.274. The van der Waals surface area contributed by atoms with Crippen LogP contribution in [0, 0.1) is 5.92 Å². The van der Waals surface area contributed by atoms with Crippen LogP contribution < -0.4 is 5.32 Å². The summed E-state index contributed by atoms with van der Waals surface area (Å²) in [6.07, 6.45) is 2.32. The molecule has 2 N–H and O–H groups in total. The van der Waals surface area contributed by atoms with Gasteiger partial charge in [-0.1, -0.05) is 37.7 Å². The highest BCUT2D eigenvalue weighted by Crippen LogP contribution is 2.24. The van der Waals surface area contributed by atoms with Gasteiger partial charge < -0.3 is 10.4 Å². The zero-order chi connectivity index (χ0) is 13.7. The van der Waals surface area contributed by atoms with E-state index in [9.17, 15) is 5.11 Å². The van der Waals surface area contributed by atoms with Gasteiger partial charge in [0.2, 0.25) is 5.13 Å². The van der Waals surface area contributed by atoms with Crippen LogP contribution in [0.2, 0.25) is 0 Å². The third-order valence-corrected chi connectivity index (χ3v) is 3.98. The zero-order valence-corrected chi connectivity index (χ0v) is 11.9. The maximum atomic E-state index is 9.88. The van der Waals surface area contributed by atoms with Gasteiger partial charge in [0, 0.05) is 12.7 Å². The quantitative estimate of drug-likeness (QED) is 0.849. The van der Waals surface area contributed by atoms with Gasteiger partial charge in [0.1, 0.15) is 5.69 Å². The molecule has 102 valence electrons. The Labute approximate surface area is 116 Å². The molecule has 6 heteroatoms. The largest absolute Gasteiger partial charge is 0.391 e.